The van der Waals surface area contributed by atoms with E-state index in [1.54, 1.807) is 24.4 Å². The second-order valence-electron chi connectivity index (χ2n) is 7.61. The zero-order valence-corrected chi connectivity index (χ0v) is 17.2. The fourth-order valence-corrected chi connectivity index (χ4v) is 3.57. The Morgan fingerprint density at radius 3 is 2.47 bits per heavy atom. The Morgan fingerprint density at radius 2 is 1.80 bits per heavy atom. The molecule has 2 atom stereocenters. The minimum absolute atomic E-state index is 0.0183. The predicted molar refractivity (Wildman–Crippen MR) is 110 cm³/mol. The average Bonchev–Trinajstić information content (AvgIpc) is 3.45. The summed E-state index contributed by atoms with van der Waals surface area (Å²) in [6.07, 6.45) is 5.35. The van der Waals surface area contributed by atoms with Crippen molar-refractivity contribution in [2.45, 2.75) is 50.7 Å². The van der Waals surface area contributed by atoms with Crippen LogP contribution in [0.2, 0.25) is 0 Å². The van der Waals surface area contributed by atoms with Gasteiger partial charge in [-0.15, -0.1) is 0 Å². The van der Waals surface area contributed by atoms with Crippen LogP contribution in [0.4, 0.5) is 5.82 Å². The fraction of sp³-hybridized carbons (Fsp3) is 0.619. The number of nitrogens with zero attached hydrogens (tertiary/aromatic N) is 2. The number of carbonyl (C=O) groups is 3. The SMILES string of the molecule is O=C(CN(C[C@@H]1CCCO1)C(=O)CCC(=O)Nc1ccccn1)NC[C@H]1CCCO1. The highest BCUT2D eigenvalue weighted by atomic mass is 16.5. The van der Waals surface area contributed by atoms with Gasteiger partial charge in [0.25, 0.3) is 0 Å². The molecule has 3 rings (SSSR count). The summed E-state index contributed by atoms with van der Waals surface area (Å²) in [5.74, 6) is -0.314. The molecular formula is C21H30N4O5. The van der Waals surface area contributed by atoms with Crippen LogP contribution in [-0.2, 0) is 23.9 Å². The van der Waals surface area contributed by atoms with Crippen molar-refractivity contribution >= 4 is 23.5 Å². The highest BCUT2D eigenvalue weighted by Crippen LogP contribution is 2.15. The van der Waals surface area contributed by atoms with Crippen LogP contribution < -0.4 is 10.6 Å². The third-order valence-electron chi connectivity index (χ3n) is 5.18. The number of amides is 3. The Morgan fingerprint density at radius 1 is 1.03 bits per heavy atom. The van der Waals surface area contributed by atoms with E-state index in [9.17, 15) is 14.4 Å². The number of hydrogen-bond donors (Lipinski definition) is 2. The number of ether oxygens (including phenoxy) is 2. The Bertz CT molecular complexity index is 703. The predicted octanol–water partition coefficient (Wildman–Crippen LogP) is 1.10. The molecule has 9 heteroatoms. The lowest BCUT2D eigenvalue weighted by molar-refractivity contribution is -0.138. The summed E-state index contributed by atoms with van der Waals surface area (Å²) in [6.45, 7) is 2.16. The topological polar surface area (TPSA) is 110 Å². The third kappa shape index (κ3) is 7.38. The standard InChI is InChI=1S/C21H30N4O5/c26-19(24-18-7-1-2-10-22-18)8-9-21(28)25(14-17-6-4-12-30-17)15-20(27)23-13-16-5-3-11-29-16/h1-2,7,10,16-17H,3-6,8-9,11-15H2,(H,23,27)(H,22,24,26)/t16-,17+/m1/s1. The summed E-state index contributed by atoms with van der Waals surface area (Å²) in [5.41, 5.74) is 0. The molecule has 0 bridgehead atoms. The van der Waals surface area contributed by atoms with Gasteiger partial charge in [0.05, 0.1) is 18.8 Å². The van der Waals surface area contributed by atoms with E-state index < -0.39 is 0 Å². The molecule has 164 valence electrons. The Hall–Kier alpha value is -2.52. The van der Waals surface area contributed by atoms with Crippen molar-refractivity contribution < 1.29 is 23.9 Å². The van der Waals surface area contributed by atoms with Crippen LogP contribution in [0.1, 0.15) is 38.5 Å². The molecule has 1 aromatic heterocycles. The van der Waals surface area contributed by atoms with Crippen molar-refractivity contribution in [3.8, 4) is 0 Å². The molecule has 3 amide bonds. The largest absolute Gasteiger partial charge is 0.376 e. The molecule has 3 heterocycles. The molecule has 2 N–H and O–H groups in total. The van der Waals surface area contributed by atoms with Gasteiger partial charge in [0, 0.05) is 45.3 Å². The number of nitrogens with one attached hydrogen (secondary N) is 2. The first kappa shape index (κ1) is 22.2. The van der Waals surface area contributed by atoms with Gasteiger partial charge in [-0.2, -0.15) is 0 Å². The van der Waals surface area contributed by atoms with Crippen molar-refractivity contribution in [3.63, 3.8) is 0 Å². The minimum atomic E-state index is -0.290. The molecule has 2 fully saturated rings. The molecule has 0 spiro atoms. The lowest BCUT2D eigenvalue weighted by Crippen LogP contribution is -2.45. The van der Waals surface area contributed by atoms with Crippen molar-refractivity contribution in [2.24, 2.45) is 0 Å². The number of anilines is 1. The van der Waals surface area contributed by atoms with Gasteiger partial charge in [-0.25, -0.2) is 4.98 Å². The van der Waals surface area contributed by atoms with E-state index in [1.165, 1.54) is 4.90 Å². The first-order chi connectivity index (χ1) is 14.6. The molecule has 9 nitrogen and oxygen atoms in total. The highest BCUT2D eigenvalue weighted by molar-refractivity contribution is 5.93. The van der Waals surface area contributed by atoms with Crippen LogP contribution in [0.15, 0.2) is 24.4 Å². The zero-order chi connectivity index (χ0) is 21.2. The molecule has 30 heavy (non-hydrogen) atoms. The summed E-state index contributed by atoms with van der Waals surface area (Å²) < 4.78 is 11.1. The molecule has 0 aliphatic carbocycles. The summed E-state index contributed by atoms with van der Waals surface area (Å²) >= 11 is 0. The number of pyridine rings is 1. The lowest BCUT2D eigenvalue weighted by Gasteiger charge is -2.25. The maximum Gasteiger partial charge on any atom is 0.239 e. The van der Waals surface area contributed by atoms with Gasteiger partial charge >= 0.3 is 0 Å². The van der Waals surface area contributed by atoms with Gasteiger partial charge in [-0.05, 0) is 37.8 Å². The van der Waals surface area contributed by atoms with E-state index >= 15 is 0 Å². The fourth-order valence-electron chi connectivity index (χ4n) is 3.57. The van der Waals surface area contributed by atoms with Gasteiger partial charge in [-0.3, -0.25) is 14.4 Å². The average molecular weight is 418 g/mol. The van der Waals surface area contributed by atoms with Crippen LogP contribution >= 0.6 is 0 Å². The molecule has 1 aromatic rings. The molecule has 2 aliphatic rings. The maximum atomic E-state index is 12.8. The number of rotatable bonds is 10. The molecule has 0 radical (unpaired) electrons. The molecular weight excluding hydrogens is 388 g/mol. The Balaban J connectivity index is 1.47. The third-order valence-corrected chi connectivity index (χ3v) is 5.18. The molecule has 0 saturated carbocycles. The van der Waals surface area contributed by atoms with E-state index in [0.717, 1.165) is 32.3 Å². The van der Waals surface area contributed by atoms with Crippen molar-refractivity contribution in [1.82, 2.24) is 15.2 Å². The van der Waals surface area contributed by atoms with Gasteiger partial charge < -0.3 is 25.0 Å². The smallest absolute Gasteiger partial charge is 0.239 e. The van der Waals surface area contributed by atoms with Crippen LogP contribution in [0, 0.1) is 0 Å². The normalized spacial score (nSPS) is 20.7. The summed E-state index contributed by atoms with van der Waals surface area (Å²) in [7, 11) is 0. The lowest BCUT2D eigenvalue weighted by atomic mass is 10.2. The summed E-state index contributed by atoms with van der Waals surface area (Å²) in [5, 5.41) is 5.51. The molecule has 0 aromatic carbocycles. The first-order valence-electron chi connectivity index (χ1n) is 10.6. The van der Waals surface area contributed by atoms with Crippen molar-refractivity contribution in [1.29, 1.82) is 0 Å². The van der Waals surface area contributed by atoms with Crippen LogP contribution in [0.5, 0.6) is 0 Å². The highest BCUT2D eigenvalue weighted by Gasteiger charge is 2.25. The number of aromatic nitrogens is 1. The summed E-state index contributed by atoms with van der Waals surface area (Å²) in [6, 6.07) is 5.21. The quantitative estimate of drug-likeness (QED) is 0.589. The second-order valence-corrected chi connectivity index (χ2v) is 7.61. The van der Waals surface area contributed by atoms with E-state index in [0.29, 0.717) is 25.5 Å². The van der Waals surface area contributed by atoms with Crippen LogP contribution in [-0.4, -0.2) is 72.7 Å². The van der Waals surface area contributed by atoms with Gasteiger partial charge in [-0.1, -0.05) is 6.07 Å². The van der Waals surface area contributed by atoms with E-state index in [4.69, 9.17) is 9.47 Å². The summed E-state index contributed by atoms with van der Waals surface area (Å²) in [4.78, 5) is 42.8. The van der Waals surface area contributed by atoms with Gasteiger partial charge in [0.1, 0.15) is 5.82 Å². The van der Waals surface area contributed by atoms with Crippen LogP contribution in [0.25, 0.3) is 0 Å². The number of carbonyl (C=O) groups excluding carboxylic acids is 3. The van der Waals surface area contributed by atoms with E-state index in [2.05, 4.69) is 15.6 Å². The van der Waals surface area contributed by atoms with Gasteiger partial charge in [0.2, 0.25) is 17.7 Å². The Kier molecular flexibility index (Phi) is 8.58. The van der Waals surface area contributed by atoms with Crippen molar-refractivity contribution in [3.05, 3.63) is 24.4 Å². The van der Waals surface area contributed by atoms with E-state index in [-0.39, 0.29) is 49.3 Å². The van der Waals surface area contributed by atoms with Crippen molar-refractivity contribution in [2.75, 3.05) is 38.2 Å². The Labute approximate surface area is 176 Å². The molecule has 0 unspecified atom stereocenters. The van der Waals surface area contributed by atoms with E-state index in [1.807, 2.05) is 0 Å². The van der Waals surface area contributed by atoms with Crippen LogP contribution in [0.3, 0.4) is 0 Å². The molecule has 2 aliphatic heterocycles. The second kappa shape index (κ2) is 11.6. The number of hydrogen-bond acceptors (Lipinski definition) is 6. The molecule has 2 saturated heterocycles. The monoisotopic (exact) mass is 418 g/mol. The maximum absolute atomic E-state index is 12.8. The van der Waals surface area contributed by atoms with Gasteiger partial charge in [0.15, 0.2) is 0 Å². The minimum Gasteiger partial charge on any atom is -0.376 e. The zero-order valence-electron chi connectivity index (χ0n) is 17.2. The first-order valence-corrected chi connectivity index (χ1v) is 10.6.